The molecule has 0 aromatic heterocycles. The molecule has 0 aliphatic heterocycles. The Morgan fingerprint density at radius 2 is 1.36 bits per heavy atom. The van der Waals surface area contributed by atoms with E-state index >= 15 is 0 Å². The average molecular weight is 483 g/mol. The molecule has 0 unspecified atom stereocenters. The maximum atomic E-state index is 5.87. The zero-order valence-electron chi connectivity index (χ0n) is 22.7. The van der Waals surface area contributed by atoms with Gasteiger partial charge in [0.25, 0.3) is 0 Å². The fourth-order valence-corrected chi connectivity index (χ4v) is 6.08. The number of hydrogen-bond donors (Lipinski definition) is 0. The van der Waals surface area contributed by atoms with Crippen molar-refractivity contribution >= 4 is 0 Å². The molecule has 0 spiro atoms. The molecular weight excluding hydrogens is 436 g/mol. The summed E-state index contributed by atoms with van der Waals surface area (Å²) in [6.07, 6.45) is 20.0. The zero-order chi connectivity index (χ0) is 25.0. The lowest BCUT2D eigenvalue weighted by Gasteiger charge is -2.28. The van der Waals surface area contributed by atoms with Gasteiger partial charge in [-0.3, -0.25) is 0 Å². The second-order valence-corrected chi connectivity index (χ2v) is 11.1. The van der Waals surface area contributed by atoms with E-state index < -0.39 is 0 Å². The Bertz CT molecular complexity index is 972. The molecular formula is C35H46O. The monoisotopic (exact) mass is 482 g/mol. The minimum Gasteiger partial charge on any atom is -0.494 e. The molecule has 1 heteroatoms. The van der Waals surface area contributed by atoms with Crippen LogP contribution in [0.3, 0.4) is 0 Å². The van der Waals surface area contributed by atoms with E-state index in [0.717, 1.165) is 36.2 Å². The van der Waals surface area contributed by atoms with E-state index in [1.807, 2.05) is 0 Å². The van der Waals surface area contributed by atoms with Gasteiger partial charge in [0.15, 0.2) is 0 Å². The molecule has 2 aromatic carbocycles. The first kappa shape index (κ1) is 26.6. The van der Waals surface area contributed by atoms with Gasteiger partial charge in [-0.25, -0.2) is 0 Å². The summed E-state index contributed by atoms with van der Waals surface area (Å²) in [7, 11) is 0. The molecule has 0 radical (unpaired) electrons. The van der Waals surface area contributed by atoms with Gasteiger partial charge in [0.1, 0.15) is 5.75 Å². The molecule has 1 nitrogen and oxygen atoms in total. The van der Waals surface area contributed by atoms with Crippen LogP contribution in [0.4, 0.5) is 0 Å². The quantitative estimate of drug-likeness (QED) is 0.255. The van der Waals surface area contributed by atoms with Crippen LogP contribution in [0.25, 0.3) is 0 Å². The molecule has 0 N–H and O–H groups in total. The molecule has 0 amide bonds. The van der Waals surface area contributed by atoms with Crippen molar-refractivity contribution in [3.8, 4) is 17.6 Å². The SMILES string of the molecule is CCCCCOc1ccc([C@H]2CC[C@H](/C=C/C#Cc3ccc([C@H]4CC[C@H](CC)CC4)cc3)CC2)cc1. The van der Waals surface area contributed by atoms with Crippen LogP contribution in [0.1, 0.15) is 119 Å². The third-order valence-electron chi connectivity index (χ3n) is 8.61. The Morgan fingerprint density at radius 1 is 0.750 bits per heavy atom. The first-order chi connectivity index (χ1) is 17.7. The van der Waals surface area contributed by atoms with Crippen LogP contribution in [0.15, 0.2) is 60.7 Å². The van der Waals surface area contributed by atoms with Gasteiger partial charge in [-0.15, -0.1) is 0 Å². The van der Waals surface area contributed by atoms with Gasteiger partial charge in [-0.05, 0) is 123 Å². The maximum Gasteiger partial charge on any atom is 0.119 e. The summed E-state index contributed by atoms with van der Waals surface area (Å²) in [4.78, 5) is 0. The lowest BCUT2D eigenvalue weighted by Crippen LogP contribution is -2.12. The number of hydrogen-bond acceptors (Lipinski definition) is 1. The van der Waals surface area contributed by atoms with Crippen LogP contribution in [-0.4, -0.2) is 6.61 Å². The summed E-state index contributed by atoms with van der Waals surface area (Å²) in [5.41, 5.74) is 4.11. The Balaban J connectivity index is 1.18. The molecule has 0 saturated heterocycles. The number of benzene rings is 2. The van der Waals surface area contributed by atoms with Gasteiger partial charge in [0.2, 0.25) is 0 Å². The van der Waals surface area contributed by atoms with Gasteiger partial charge < -0.3 is 4.74 Å². The minimum atomic E-state index is 0.664. The molecule has 2 aliphatic carbocycles. The second-order valence-electron chi connectivity index (χ2n) is 11.1. The van der Waals surface area contributed by atoms with Gasteiger partial charge in [-0.2, -0.15) is 0 Å². The van der Waals surface area contributed by atoms with Crippen molar-refractivity contribution in [2.45, 2.75) is 103 Å². The Labute approximate surface area is 220 Å². The van der Waals surface area contributed by atoms with Crippen molar-refractivity contribution in [1.29, 1.82) is 0 Å². The molecule has 0 atom stereocenters. The highest BCUT2D eigenvalue weighted by Crippen LogP contribution is 2.38. The predicted molar refractivity (Wildman–Crippen MR) is 154 cm³/mol. The molecule has 2 aliphatic rings. The van der Waals surface area contributed by atoms with Crippen LogP contribution in [0.2, 0.25) is 0 Å². The Hall–Kier alpha value is -2.46. The highest BCUT2D eigenvalue weighted by atomic mass is 16.5. The standard InChI is InChI=1S/C35H46O/c1-3-5-8-27-36-35-25-23-34(24-26-35)33-21-15-30(16-22-33)10-7-6-9-29-13-19-32(20-14-29)31-17-11-28(4-2)12-18-31/h7,10,13-14,19-20,23-26,28,30-31,33H,3-5,8,11-12,15-18,21-22,27H2,1-2H3/b10-7+/t28-,30-,31-,33-. The van der Waals surface area contributed by atoms with Crippen molar-refractivity contribution in [3.63, 3.8) is 0 Å². The zero-order valence-corrected chi connectivity index (χ0v) is 22.7. The van der Waals surface area contributed by atoms with Crippen LogP contribution < -0.4 is 4.74 Å². The fraction of sp³-hybridized carbons (Fsp3) is 0.543. The van der Waals surface area contributed by atoms with E-state index in [-0.39, 0.29) is 0 Å². The number of ether oxygens (including phenoxy) is 1. The maximum absolute atomic E-state index is 5.87. The normalized spacial score (nSPS) is 24.3. The highest BCUT2D eigenvalue weighted by Gasteiger charge is 2.22. The smallest absolute Gasteiger partial charge is 0.119 e. The minimum absolute atomic E-state index is 0.664. The van der Waals surface area contributed by atoms with E-state index in [4.69, 9.17) is 4.74 Å². The van der Waals surface area contributed by atoms with E-state index in [9.17, 15) is 0 Å². The van der Waals surface area contributed by atoms with Gasteiger partial charge in [0, 0.05) is 5.56 Å². The summed E-state index contributed by atoms with van der Waals surface area (Å²) in [5, 5.41) is 0. The second kappa shape index (κ2) is 14.3. The number of unbranched alkanes of at least 4 members (excludes halogenated alkanes) is 2. The molecule has 2 aromatic rings. The largest absolute Gasteiger partial charge is 0.494 e. The molecule has 36 heavy (non-hydrogen) atoms. The van der Waals surface area contributed by atoms with E-state index in [1.54, 1.807) is 0 Å². The molecule has 2 fully saturated rings. The third-order valence-corrected chi connectivity index (χ3v) is 8.61. The van der Waals surface area contributed by atoms with Crippen molar-refractivity contribution in [1.82, 2.24) is 0 Å². The Morgan fingerprint density at radius 3 is 1.97 bits per heavy atom. The summed E-state index contributed by atoms with van der Waals surface area (Å²) in [5.74, 6) is 10.7. The first-order valence-electron chi connectivity index (χ1n) is 14.8. The van der Waals surface area contributed by atoms with Gasteiger partial charge in [-0.1, -0.05) is 75.3 Å². The van der Waals surface area contributed by atoms with Crippen LogP contribution in [-0.2, 0) is 0 Å². The number of rotatable bonds is 9. The fourth-order valence-electron chi connectivity index (χ4n) is 6.08. The molecule has 0 heterocycles. The first-order valence-corrected chi connectivity index (χ1v) is 14.8. The number of allylic oxidation sites excluding steroid dienone is 2. The lowest BCUT2D eigenvalue weighted by molar-refractivity contribution is 0.306. The van der Waals surface area contributed by atoms with Crippen molar-refractivity contribution < 1.29 is 4.74 Å². The molecule has 192 valence electrons. The van der Waals surface area contributed by atoms with Crippen molar-refractivity contribution in [2.24, 2.45) is 11.8 Å². The average Bonchev–Trinajstić information content (AvgIpc) is 2.95. The summed E-state index contributed by atoms with van der Waals surface area (Å²) in [6, 6.07) is 17.9. The lowest BCUT2D eigenvalue weighted by atomic mass is 9.78. The topological polar surface area (TPSA) is 9.23 Å². The van der Waals surface area contributed by atoms with Crippen molar-refractivity contribution in [3.05, 3.63) is 77.4 Å². The molecule has 4 rings (SSSR count). The van der Waals surface area contributed by atoms with Crippen LogP contribution in [0, 0.1) is 23.7 Å². The van der Waals surface area contributed by atoms with Gasteiger partial charge in [0.05, 0.1) is 6.61 Å². The van der Waals surface area contributed by atoms with E-state index in [0.29, 0.717) is 11.8 Å². The Kier molecular flexibility index (Phi) is 10.6. The summed E-state index contributed by atoms with van der Waals surface area (Å²) >= 11 is 0. The van der Waals surface area contributed by atoms with Gasteiger partial charge >= 0.3 is 0 Å². The summed E-state index contributed by atoms with van der Waals surface area (Å²) < 4.78 is 5.87. The van der Waals surface area contributed by atoms with Crippen molar-refractivity contribution in [2.75, 3.05) is 6.61 Å². The third kappa shape index (κ3) is 8.03. The summed E-state index contributed by atoms with van der Waals surface area (Å²) in [6.45, 7) is 5.40. The van der Waals surface area contributed by atoms with E-state index in [2.05, 4.69) is 86.4 Å². The van der Waals surface area contributed by atoms with Crippen LogP contribution >= 0.6 is 0 Å². The highest BCUT2D eigenvalue weighted by molar-refractivity contribution is 5.39. The molecule has 0 bridgehead atoms. The van der Waals surface area contributed by atoms with Crippen LogP contribution in [0.5, 0.6) is 5.75 Å². The van der Waals surface area contributed by atoms with E-state index in [1.165, 1.54) is 81.8 Å². The predicted octanol–water partition coefficient (Wildman–Crippen LogP) is 9.82. The molecule has 2 saturated carbocycles.